The van der Waals surface area contributed by atoms with E-state index in [0.29, 0.717) is 62.5 Å². The number of aryl methyl sites for hydroxylation is 2. The third-order valence-electron chi connectivity index (χ3n) is 7.67. The predicted molar refractivity (Wildman–Crippen MR) is 140 cm³/mol. The van der Waals surface area contributed by atoms with Crippen LogP contribution in [0, 0.1) is 13.8 Å². The minimum atomic E-state index is -0.127. The highest BCUT2D eigenvalue weighted by atomic mass is 16.2. The van der Waals surface area contributed by atoms with Crippen LogP contribution >= 0.6 is 0 Å². The van der Waals surface area contributed by atoms with Gasteiger partial charge in [0.15, 0.2) is 0 Å². The van der Waals surface area contributed by atoms with Crippen LogP contribution in [0.4, 0.5) is 11.5 Å². The predicted octanol–water partition coefficient (Wildman–Crippen LogP) is 3.41. The Balaban J connectivity index is 1.39. The van der Waals surface area contributed by atoms with Gasteiger partial charge in [-0.3, -0.25) is 14.4 Å². The van der Waals surface area contributed by atoms with Gasteiger partial charge in [-0.2, -0.15) is 0 Å². The molecular formula is C28H35N5O3. The van der Waals surface area contributed by atoms with Gasteiger partial charge in [-0.25, -0.2) is 4.98 Å². The zero-order valence-electron chi connectivity index (χ0n) is 21.5. The van der Waals surface area contributed by atoms with E-state index in [0.717, 1.165) is 36.2 Å². The third-order valence-corrected chi connectivity index (χ3v) is 7.67. The second-order valence-corrected chi connectivity index (χ2v) is 10.3. The topological polar surface area (TPSA) is 77.1 Å². The normalized spacial score (nSPS) is 20.4. The number of pyridine rings is 1. The van der Waals surface area contributed by atoms with Gasteiger partial charge in [0, 0.05) is 63.6 Å². The Hall–Kier alpha value is -3.42. The van der Waals surface area contributed by atoms with Crippen LogP contribution in [0.1, 0.15) is 64.4 Å². The molecule has 3 fully saturated rings. The van der Waals surface area contributed by atoms with Crippen molar-refractivity contribution in [1.29, 1.82) is 0 Å². The highest BCUT2D eigenvalue weighted by Gasteiger charge is 2.33. The monoisotopic (exact) mass is 489 g/mol. The molecule has 1 aromatic carbocycles. The Morgan fingerprint density at radius 1 is 0.889 bits per heavy atom. The molecule has 1 aromatic heterocycles. The molecule has 0 spiro atoms. The molecule has 0 aliphatic carbocycles. The number of rotatable bonds is 4. The maximum atomic E-state index is 13.7. The molecule has 0 radical (unpaired) electrons. The van der Waals surface area contributed by atoms with Gasteiger partial charge in [0.05, 0.1) is 11.1 Å². The Morgan fingerprint density at radius 3 is 2.19 bits per heavy atom. The number of nitrogens with zero attached hydrogens (tertiary/aromatic N) is 5. The maximum absolute atomic E-state index is 13.7. The summed E-state index contributed by atoms with van der Waals surface area (Å²) in [5.74, 6) is 0.789. The van der Waals surface area contributed by atoms with Gasteiger partial charge < -0.3 is 19.6 Å². The number of benzene rings is 1. The molecule has 1 atom stereocenters. The van der Waals surface area contributed by atoms with Gasteiger partial charge >= 0.3 is 0 Å². The average molecular weight is 490 g/mol. The molecule has 0 saturated carbocycles. The fourth-order valence-electron chi connectivity index (χ4n) is 5.69. The SMILES string of the molecule is Cc1cnc(N2CCN(C(=O)c3ccc(N4C(=O)CCC4C)cc3C(=O)N3CCCC3)CC2)c(C)c1. The number of piperazine rings is 1. The van der Waals surface area contributed by atoms with Crippen LogP contribution in [0.3, 0.4) is 0 Å². The van der Waals surface area contributed by atoms with Gasteiger partial charge in [-0.15, -0.1) is 0 Å². The number of likely N-dealkylation sites (tertiary alicyclic amines) is 1. The molecule has 2 aromatic rings. The van der Waals surface area contributed by atoms with Gasteiger partial charge in [0.25, 0.3) is 11.8 Å². The largest absolute Gasteiger partial charge is 0.353 e. The van der Waals surface area contributed by atoms with Crippen molar-refractivity contribution in [2.45, 2.75) is 52.5 Å². The molecule has 3 aliphatic rings. The number of aromatic nitrogens is 1. The molecule has 5 rings (SSSR count). The standard InChI is InChI=1S/C28H35N5O3/c1-19-16-20(2)26(29-18-19)30-12-14-32(15-13-30)27(35)23-8-7-22(33-21(3)6-9-25(33)34)17-24(23)28(36)31-10-4-5-11-31/h7-8,16-18,21H,4-6,9-15H2,1-3H3. The second-order valence-electron chi connectivity index (χ2n) is 10.3. The summed E-state index contributed by atoms with van der Waals surface area (Å²) in [5, 5.41) is 0. The summed E-state index contributed by atoms with van der Waals surface area (Å²) >= 11 is 0. The zero-order valence-corrected chi connectivity index (χ0v) is 21.5. The summed E-state index contributed by atoms with van der Waals surface area (Å²) in [6.45, 7) is 10.0. The highest BCUT2D eigenvalue weighted by molar-refractivity contribution is 6.09. The smallest absolute Gasteiger partial charge is 0.254 e. The van der Waals surface area contributed by atoms with E-state index < -0.39 is 0 Å². The number of carbonyl (C=O) groups is 3. The number of carbonyl (C=O) groups excluding carboxylic acids is 3. The molecular weight excluding hydrogens is 454 g/mol. The molecule has 0 bridgehead atoms. The first-order valence-electron chi connectivity index (χ1n) is 13.1. The minimum Gasteiger partial charge on any atom is -0.353 e. The molecule has 0 N–H and O–H groups in total. The molecule has 4 heterocycles. The first-order chi connectivity index (χ1) is 17.3. The maximum Gasteiger partial charge on any atom is 0.254 e. The van der Waals surface area contributed by atoms with E-state index in [1.54, 1.807) is 17.0 Å². The molecule has 3 saturated heterocycles. The van der Waals surface area contributed by atoms with Crippen molar-refractivity contribution in [1.82, 2.24) is 14.8 Å². The van der Waals surface area contributed by atoms with Crippen LogP contribution in [0.2, 0.25) is 0 Å². The summed E-state index contributed by atoms with van der Waals surface area (Å²) in [5.41, 5.74) is 3.80. The number of amides is 3. The van der Waals surface area contributed by atoms with Gasteiger partial charge in [-0.05, 0) is 69.4 Å². The fraction of sp³-hybridized carbons (Fsp3) is 0.500. The summed E-state index contributed by atoms with van der Waals surface area (Å²) in [6, 6.07) is 7.55. The van der Waals surface area contributed by atoms with E-state index >= 15 is 0 Å². The first-order valence-corrected chi connectivity index (χ1v) is 13.1. The Labute approximate surface area is 212 Å². The van der Waals surface area contributed by atoms with Crippen LogP contribution in [-0.4, -0.2) is 77.8 Å². The lowest BCUT2D eigenvalue weighted by atomic mass is 10.0. The number of hydrogen-bond acceptors (Lipinski definition) is 5. The lowest BCUT2D eigenvalue weighted by Crippen LogP contribution is -2.49. The summed E-state index contributed by atoms with van der Waals surface area (Å²) in [4.78, 5) is 52.0. The van der Waals surface area contributed by atoms with E-state index in [4.69, 9.17) is 0 Å². The minimum absolute atomic E-state index is 0.0669. The van der Waals surface area contributed by atoms with Crippen molar-refractivity contribution in [2.24, 2.45) is 0 Å². The van der Waals surface area contributed by atoms with E-state index in [1.807, 2.05) is 35.9 Å². The quantitative estimate of drug-likeness (QED) is 0.658. The van der Waals surface area contributed by atoms with E-state index in [-0.39, 0.29) is 23.8 Å². The van der Waals surface area contributed by atoms with E-state index in [9.17, 15) is 14.4 Å². The molecule has 8 heteroatoms. The highest BCUT2D eigenvalue weighted by Crippen LogP contribution is 2.30. The Kier molecular flexibility index (Phi) is 6.69. The number of hydrogen-bond donors (Lipinski definition) is 0. The number of anilines is 2. The molecule has 36 heavy (non-hydrogen) atoms. The van der Waals surface area contributed by atoms with Crippen molar-refractivity contribution in [3.8, 4) is 0 Å². The third kappa shape index (κ3) is 4.56. The summed E-state index contributed by atoms with van der Waals surface area (Å²) in [7, 11) is 0. The lowest BCUT2D eigenvalue weighted by molar-refractivity contribution is -0.117. The van der Waals surface area contributed by atoms with Gasteiger partial charge in [0.1, 0.15) is 5.82 Å². The van der Waals surface area contributed by atoms with Crippen molar-refractivity contribution in [3.63, 3.8) is 0 Å². The average Bonchev–Trinajstić information content (AvgIpc) is 3.53. The van der Waals surface area contributed by atoms with Crippen LogP contribution in [0.15, 0.2) is 30.5 Å². The molecule has 3 aliphatic heterocycles. The zero-order chi connectivity index (χ0) is 25.4. The van der Waals surface area contributed by atoms with Crippen LogP contribution < -0.4 is 9.80 Å². The van der Waals surface area contributed by atoms with Crippen LogP contribution in [-0.2, 0) is 4.79 Å². The summed E-state index contributed by atoms with van der Waals surface area (Å²) in [6.07, 6.45) is 5.14. The molecule has 1 unspecified atom stereocenters. The fourth-order valence-corrected chi connectivity index (χ4v) is 5.69. The van der Waals surface area contributed by atoms with Crippen LogP contribution in [0.5, 0.6) is 0 Å². The van der Waals surface area contributed by atoms with E-state index in [2.05, 4.69) is 22.9 Å². The van der Waals surface area contributed by atoms with Gasteiger partial charge in [-0.1, -0.05) is 6.07 Å². The second kappa shape index (κ2) is 9.91. The van der Waals surface area contributed by atoms with Crippen molar-refractivity contribution < 1.29 is 14.4 Å². The molecule has 8 nitrogen and oxygen atoms in total. The summed E-state index contributed by atoms with van der Waals surface area (Å²) < 4.78 is 0. The van der Waals surface area contributed by atoms with E-state index in [1.165, 1.54) is 0 Å². The molecule has 3 amide bonds. The first kappa shape index (κ1) is 24.3. The van der Waals surface area contributed by atoms with Crippen molar-refractivity contribution in [3.05, 3.63) is 52.7 Å². The van der Waals surface area contributed by atoms with Crippen molar-refractivity contribution >= 4 is 29.2 Å². The Morgan fingerprint density at radius 2 is 1.56 bits per heavy atom. The van der Waals surface area contributed by atoms with Gasteiger partial charge in [0.2, 0.25) is 5.91 Å². The Bertz CT molecular complexity index is 1180. The lowest BCUT2D eigenvalue weighted by Gasteiger charge is -2.36. The van der Waals surface area contributed by atoms with Crippen LogP contribution in [0.25, 0.3) is 0 Å². The van der Waals surface area contributed by atoms with Crippen molar-refractivity contribution in [2.75, 3.05) is 49.1 Å². The molecule has 190 valence electrons.